The zero-order valence-electron chi connectivity index (χ0n) is 29.8. The van der Waals surface area contributed by atoms with Crippen LogP contribution >= 0.6 is 0 Å². The summed E-state index contributed by atoms with van der Waals surface area (Å²) in [7, 11) is 0. The van der Waals surface area contributed by atoms with Gasteiger partial charge in [-0.25, -0.2) is 0 Å². The van der Waals surface area contributed by atoms with E-state index in [1.54, 1.807) is 0 Å². The van der Waals surface area contributed by atoms with Crippen LogP contribution < -0.4 is 4.90 Å². The molecule has 0 N–H and O–H groups in total. The predicted molar refractivity (Wildman–Crippen MR) is 229 cm³/mol. The fourth-order valence-electron chi connectivity index (χ4n) is 8.28. The second kappa shape index (κ2) is 12.6. The summed E-state index contributed by atoms with van der Waals surface area (Å²) >= 11 is 0. The average molecular weight is 704 g/mol. The number of benzene rings is 9. The fourth-order valence-corrected chi connectivity index (χ4v) is 8.28. The number of para-hydroxylation sites is 3. The Hall–Kier alpha value is -7.36. The Bertz CT molecular complexity index is 3190. The van der Waals surface area contributed by atoms with Gasteiger partial charge in [0.2, 0.25) is 0 Å². The van der Waals surface area contributed by atoms with E-state index in [4.69, 9.17) is 8.83 Å². The third-order valence-corrected chi connectivity index (χ3v) is 10.9. The lowest BCUT2D eigenvalue weighted by Crippen LogP contribution is -2.11. The molecule has 0 aliphatic rings. The number of anilines is 3. The van der Waals surface area contributed by atoms with E-state index >= 15 is 0 Å². The molecule has 0 aliphatic carbocycles. The van der Waals surface area contributed by atoms with Gasteiger partial charge in [-0.2, -0.15) is 0 Å². The average Bonchev–Trinajstić information content (AvgIpc) is 3.83. The summed E-state index contributed by atoms with van der Waals surface area (Å²) < 4.78 is 12.5. The van der Waals surface area contributed by atoms with Crippen molar-refractivity contribution in [3.63, 3.8) is 0 Å². The molecule has 55 heavy (non-hydrogen) atoms. The first-order valence-electron chi connectivity index (χ1n) is 18.7. The second-order valence-electron chi connectivity index (χ2n) is 14.1. The first-order valence-corrected chi connectivity index (χ1v) is 18.7. The molecule has 0 spiro atoms. The second-order valence-corrected chi connectivity index (χ2v) is 14.1. The standard InChI is InChI=1S/C52H33NO2/c1-2-11-34(12-3-1)35-21-26-38(27-22-35)53(39-28-23-36(24-29-39)37-25-30-44-43-14-5-8-19-48(43)55-51(44)33-37)47-18-7-4-13-42(47)40-16-10-17-45-41(40)31-32-50-52(45)46-15-6-9-20-49(46)54-50/h1-33H. The van der Waals surface area contributed by atoms with Crippen LogP contribution in [-0.4, -0.2) is 0 Å². The minimum atomic E-state index is 0.896. The first kappa shape index (κ1) is 31.2. The van der Waals surface area contributed by atoms with E-state index in [9.17, 15) is 0 Å². The highest BCUT2D eigenvalue weighted by atomic mass is 16.3. The molecule has 11 aromatic rings. The van der Waals surface area contributed by atoms with Crippen LogP contribution in [0.4, 0.5) is 17.1 Å². The van der Waals surface area contributed by atoms with E-state index < -0.39 is 0 Å². The Morgan fingerprint density at radius 1 is 0.291 bits per heavy atom. The van der Waals surface area contributed by atoms with E-state index in [0.717, 1.165) is 77.6 Å². The molecular formula is C52H33NO2. The molecule has 0 atom stereocenters. The Morgan fingerprint density at radius 3 is 1.60 bits per heavy atom. The highest BCUT2D eigenvalue weighted by molar-refractivity contribution is 6.21. The third-order valence-electron chi connectivity index (χ3n) is 10.9. The lowest BCUT2D eigenvalue weighted by atomic mass is 9.94. The van der Waals surface area contributed by atoms with E-state index in [1.807, 2.05) is 24.3 Å². The van der Waals surface area contributed by atoms with Crippen LogP contribution in [0.2, 0.25) is 0 Å². The van der Waals surface area contributed by atoms with Crippen molar-refractivity contribution in [1.82, 2.24) is 0 Å². The Labute approximate surface area is 317 Å². The van der Waals surface area contributed by atoms with Crippen LogP contribution in [0.15, 0.2) is 209 Å². The maximum absolute atomic E-state index is 6.29. The topological polar surface area (TPSA) is 29.5 Å². The van der Waals surface area contributed by atoms with Gasteiger partial charge < -0.3 is 13.7 Å². The lowest BCUT2D eigenvalue weighted by Gasteiger charge is -2.28. The summed E-state index contributed by atoms with van der Waals surface area (Å²) in [4.78, 5) is 2.38. The van der Waals surface area contributed by atoms with Crippen molar-refractivity contribution in [3.8, 4) is 33.4 Å². The molecule has 0 saturated carbocycles. The van der Waals surface area contributed by atoms with E-state index in [0.29, 0.717) is 0 Å². The van der Waals surface area contributed by atoms with Gasteiger partial charge in [-0.15, -0.1) is 0 Å². The number of hydrogen-bond acceptors (Lipinski definition) is 3. The fraction of sp³-hybridized carbons (Fsp3) is 0. The summed E-state index contributed by atoms with van der Waals surface area (Å²) in [5.74, 6) is 0. The Morgan fingerprint density at radius 2 is 0.818 bits per heavy atom. The van der Waals surface area contributed by atoms with Gasteiger partial charge in [-0.1, -0.05) is 140 Å². The van der Waals surface area contributed by atoms with Crippen LogP contribution in [0.25, 0.3) is 88.0 Å². The van der Waals surface area contributed by atoms with Crippen molar-refractivity contribution >= 4 is 71.7 Å². The molecular weight excluding hydrogens is 671 g/mol. The summed E-state index contributed by atoms with van der Waals surface area (Å²) in [5.41, 5.74) is 13.8. The maximum atomic E-state index is 6.29. The van der Waals surface area contributed by atoms with Gasteiger partial charge in [-0.05, 0) is 99.3 Å². The van der Waals surface area contributed by atoms with Gasteiger partial charge in [0.05, 0.1) is 5.69 Å². The van der Waals surface area contributed by atoms with Gasteiger partial charge in [0, 0.05) is 38.5 Å². The molecule has 9 aromatic carbocycles. The molecule has 11 rings (SSSR count). The number of rotatable bonds is 6. The third kappa shape index (κ3) is 5.20. The van der Waals surface area contributed by atoms with Crippen LogP contribution in [-0.2, 0) is 0 Å². The summed E-state index contributed by atoms with van der Waals surface area (Å²) in [5, 5.41) is 6.92. The smallest absolute Gasteiger partial charge is 0.136 e. The first-order chi connectivity index (χ1) is 27.3. The zero-order valence-corrected chi connectivity index (χ0v) is 29.8. The molecule has 0 saturated heterocycles. The van der Waals surface area contributed by atoms with E-state index in [2.05, 4.69) is 181 Å². The van der Waals surface area contributed by atoms with Crippen molar-refractivity contribution < 1.29 is 8.83 Å². The molecule has 0 aliphatic heterocycles. The Kier molecular flexibility index (Phi) is 7.17. The monoisotopic (exact) mass is 703 g/mol. The number of furan rings is 2. The molecule has 0 amide bonds. The van der Waals surface area contributed by atoms with Crippen molar-refractivity contribution in [2.75, 3.05) is 4.90 Å². The molecule has 0 bridgehead atoms. The molecule has 0 unspecified atom stereocenters. The molecule has 2 heterocycles. The van der Waals surface area contributed by atoms with Crippen molar-refractivity contribution in [2.45, 2.75) is 0 Å². The number of fused-ring (bicyclic) bond motifs is 8. The molecule has 2 aromatic heterocycles. The SMILES string of the molecule is c1ccc(-c2ccc(N(c3ccc(-c4ccc5c(c4)oc4ccccc45)cc3)c3ccccc3-c3cccc4c3ccc3oc5ccccc5c34)cc2)cc1. The van der Waals surface area contributed by atoms with Crippen LogP contribution in [0.3, 0.4) is 0 Å². The van der Waals surface area contributed by atoms with Gasteiger partial charge in [0.1, 0.15) is 22.3 Å². The van der Waals surface area contributed by atoms with Crippen LogP contribution in [0.5, 0.6) is 0 Å². The van der Waals surface area contributed by atoms with Crippen LogP contribution in [0, 0.1) is 0 Å². The van der Waals surface area contributed by atoms with Crippen molar-refractivity contribution in [3.05, 3.63) is 200 Å². The van der Waals surface area contributed by atoms with E-state index in [-0.39, 0.29) is 0 Å². The van der Waals surface area contributed by atoms with Gasteiger partial charge in [0.15, 0.2) is 0 Å². The molecule has 0 radical (unpaired) electrons. The quantitative estimate of drug-likeness (QED) is 0.173. The normalized spacial score (nSPS) is 11.6. The number of nitrogens with zero attached hydrogens (tertiary/aromatic N) is 1. The van der Waals surface area contributed by atoms with E-state index in [1.165, 1.54) is 27.5 Å². The van der Waals surface area contributed by atoms with Gasteiger partial charge in [0.25, 0.3) is 0 Å². The Balaban J connectivity index is 1.06. The largest absolute Gasteiger partial charge is 0.456 e. The van der Waals surface area contributed by atoms with Gasteiger partial charge >= 0.3 is 0 Å². The summed E-state index contributed by atoms with van der Waals surface area (Å²) in [6.07, 6.45) is 0. The number of hydrogen-bond donors (Lipinski definition) is 0. The van der Waals surface area contributed by atoms with Crippen molar-refractivity contribution in [2.24, 2.45) is 0 Å². The lowest BCUT2D eigenvalue weighted by molar-refractivity contribution is 0.669. The molecule has 0 fully saturated rings. The van der Waals surface area contributed by atoms with Crippen molar-refractivity contribution in [1.29, 1.82) is 0 Å². The highest BCUT2D eigenvalue weighted by Crippen LogP contribution is 2.45. The molecule has 3 heteroatoms. The minimum absolute atomic E-state index is 0.896. The predicted octanol–water partition coefficient (Wildman–Crippen LogP) is 15.1. The maximum Gasteiger partial charge on any atom is 0.136 e. The minimum Gasteiger partial charge on any atom is -0.456 e. The van der Waals surface area contributed by atoms with Gasteiger partial charge in [-0.3, -0.25) is 0 Å². The molecule has 3 nitrogen and oxygen atoms in total. The van der Waals surface area contributed by atoms with Crippen LogP contribution in [0.1, 0.15) is 0 Å². The molecule has 258 valence electrons. The zero-order chi connectivity index (χ0) is 36.3. The highest BCUT2D eigenvalue weighted by Gasteiger charge is 2.20. The summed E-state index contributed by atoms with van der Waals surface area (Å²) in [6, 6.07) is 71.1. The summed E-state index contributed by atoms with van der Waals surface area (Å²) in [6.45, 7) is 0.